The second-order valence-corrected chi connectivity index (χ2v) is 4.67. The SMILES string of the molecule is CC.CC.CCc1ccc(C(C#N)Nc2ccc(C)cc2)cc1. The Morgan fingerprint density at radius 1 is 0.913 bits per heavy atom. The van der Waals surface area contributed by atoms with Gasteiger partial charge in [-0.15, -0.1) is 0 Å². The molecule has 0 radical (unpaired) electrons. The van der Waals surface area contributed by atoms with Crippen LogP contribution in [0.5, 0.6) is 0 Å². The summed E-state index contributed by atoms with van der Waals surface area (Å²) in [4.78, 5) is 0. The molecule has 23 heavy (non-hydrogen) atoms. The van der Waals surface area contributed by atoms with Gasteiger partial charge >= 0.3 is 0 Å². The van der Waals surface area contributed by atoms with E-state index in [1.807, 2.05) is 64.1 Å². The first-order chi connectivity index (χ1) is 11.2. The molecule has 0 heterocycles. The Kier molecular flexibility index (Phi) is 11.1. The molecule has 0 saturated heterocycles. The van der Waals surface area contributed by atoms with E-state index in [0.717, 1.165) is 17.7 Å². The molecule has 0 saturated carbocycles. The highest BCUT2D eigenvalue weighted by Gasteiger charge is 2.09. The topological polar surface area (TPSA) is 35.8 Å². The van der Waals surface area contributed by atoms with Crippen LogP contribution in [0.1, 0.15) is 57.4 Å². The largest absolute Gasteiger partial charge is 0.366 e. The fraction of sp³-hybridized carbons (Fsp3) is 0.381. The van der Waals surface area contributed by atoms with Gasteiger partial charge in [0, 0.05) is 5.69 Å². The van der Waals surface area contributed by atoms with Gasteiger partial charge in [0.2, 0.25) is 0 Å². The fourth-order valence-corrected chi connectivity index (χ4v) is 1.95. The van der Waals surface area contributed by atoms with E-state index in [1.165, 1.54) is 11.1 Å². The molecule has 2 nitrogen and oxygen atoms in total. The number of hydrogen-bond donors (Lipinski definition) is 1. The van der Waals surface area contributed by atoms with E-state index in [4.69, 9.17) is 0 Å². The molecule has 0 fully saturated rings. The van der Waals surface area contributed by atoms with Crippen molar-refractivity contribution in [3.8, 4) is 6.07 Å². The highest BCUT2D eigenvalue weighted by Crippen LogP contribution is 2.20. The molecule has 2 heteroatoms. The minimum absolute atomic E-state index is 0.311. The predicted molar refractivity (Wildman–Crippen MR) is 102 cm³/mol. The zero-order valence-electron chi connectivity index (χ0n) is 15.4. The Morgan fingerprint density at radius 3 is 1.87 bits per heavy atom. The average molecular weight is 310 g/mol. The number of anilines is 1. The fourth-order valence-electron chi connectivity index (χ4n) is 1.95. The Morgan fingerprint density at radius 2 is 1.43 bits per heavy atom. The van der Waals surface area contributed by atoms with Crippen molar-refractivity contribution in [2.24, 2.45) is 0 Å². The van der Waals surface area contributed by atoms with Crippen molar-refractivity contribution in [2.75, 3.05) is 5.32 Å². The third-order valence-corrected chi connectivity index (χ3v) is 3.21. The Labute approximate surface area is 142 Å². The Hall–Kier alpha value is -2.27. The Bertz CT molecular complexity index is 562. The van der Waals surface area contributed by atoms with Gasteiger partial charge in [0.15, 0.2) is 0 Å². The van der Waals surface area contributed by atoms with Crippen molar-refractivity contribution >= 4 is 5.69 Å². The number of nitrogens with one attached hydrogen (secondary N) is 1. The summed E-state index contributed by atoms with van der Waals surface area (Å²) in [6.45, 7) is 12.2. The summed E-state index contributed by atoms with van der Waals surface area (Å²) < 4.78 is 0. The first-order valence-electron chi connectivity index (χ1n) is 8.54. The van der Waals surface area contributed by atoms with E-state index in [1.54, 1.807) is 0 Å². The minimum Gasteiger partial charge on any atom is -0.366 e. The van der Waals surface area contributed by atoms with Crippen molar-refractivity contribution in [2.45, 2.75) is 54.0 Å². The molecule has 0 aliphatic heterocycles. The van der Waals surface area contributed by atoms with Gasteiger partial charge in [0.05, 0.1) is 6.07 Å². The molecule has 1 N–H and O–H groups in total. The maximum absolute atomic E-state index is 9.31. The van der Waals surface area contributed by atoms with Gasteiger partial charge in [-0.25, -0.2) is 0 Å². The first-order valence-corrected chi connectivity index (χ1v) is 8.54. The van der Waals surface area contributed by atoms with Gasteiger partial charge in [-0.1, -0.05) is 76.6 Å². The molecule has 124 valence electrons. The molecule has 1 atom stereocenters. The molecule has 0 aromatic heterocycles. The summed E-state index contributed by atoms with van der Waals surface area (Å²) in [6.07, 6.45) is 1.02. The normalized spacial score (nSPS) is 10.1. The number of nitrogens with zero attached hydrogens (tertiary/aromatic N) is 1. The standard InChI is InChI=1S/C17H18N2.2C2H6/c1-3-14-6-8-15(9-7-14)17(12-18)19-16-10-4-13(2)5-11-16;2*1-2/h4-11,17,19H,3H2,1-2H3;2*1-2H3. The number of benzene rings is 2. The lowest BCUT2D eigenvalue weighted by Gasteiger charge is -2.14. The van der Waals surface area contributed by atoms with Gasteiger partial charge in [0.1, 0.15) is 6.04 Å². The summed E-state index contributed by atoms with van der Waals surface area (Å²) in [5.74, 6) is 0. The molecule has 0 amide bonds. The lowest BCUT2D eigenvalue weighted by molar-refractivity contribution is 0.991. The van der Waals surface area contributed by atoms with Crippen LogP contribution in [0.15, 0.2) is 48.5 Å². The van der Waals surface area contributed by atoms with Crippen molar-refractivity contribution in [1.29, 1.82) is 5.26 Å². The second kappa shape index (κ2) is 12.3. The van der Waals surface area contributed by atoms with Crippen LogP contribution in [0.3, 0.4) is 0 Å². The van der Waals surface area contributed by atoms with Crippen LogP contribution < -0.4 is 5.32 Å². The third-order valence-electron chi connectivity index (χ3n) is 3.21. The smallest absolute Gasteiger partial charge is 0.140 e. The summed E-state index contributed by atoms with van der Waals surface area (Å²) in [5, 5.41) is 12.6. The first kappa shape index (κ1) is 20.7. The molecule has 0 aliphatic carbocycles. The molecular weight excluding hydrogens is 280 g/mol. The van der Waals surface area contributed by atoms with E-state index in [-0.39, 0.29) is 6.04 Å². The summed E-state index contributed by atoms with van der Waals surface area (Å²) in [5.41, 5.74) is 4.47. The molecule has 1 unspecified atom stereocenters. The van der Waals surface area contributed by atoms with Gasteiger partial charge in [-0.05, 0) is 36.6 Å². The summed E-state index contributed by atoms with van der Waals surface area (Å²) >= 11 is 0. The average Bonchev–Trinajstić information content (AvgIpc) is 2.65. The zero-order chi connectivity index (χ0) is 17.7. The van der Waals surface area contributed by atoms with E-state index in [9.17, 15) is 5.26 Å². The Balaban J connectivity index is 0.00000112. The predicted octanol–water partition coefficient (Wildman–Crippen LogP) is 6.29. The number of hydrogen-bond acceptors (Lipinski definition) is 2. The molecule has 2 rings (SSSR count). The van der Waals surface area contributed by atoms with Crippen LogP contribution in [0.25, 0.3) is 0 Å². The van der Waals surface area contributed by atoms with Gasteiger partial charge in [0.25, 0.3) is 0 Å². The van der Waals surface area contributed by atoms with Crippen LogP contribution in [0.4, 0.5) is 5.69 Å². The van der Waals surface area contributed by atoms with E-state index in [0.29, 0.717) is 0 Å². The van der Waals surface area contributed by atoms with Gasteiger partial charge in [-0.3, -0.25) is 0 Å². The molecular formula is C21H30N2. The quantitative estimate of drug-likeness (QED) is 0.720. The zero-order valence-corrected chi connectivity index (χ0v) is 15.4. The maximum Gasteiger partial charge on any atom is 0.140 e. The van der Waals surface area contributed by atoms with Crippen molar-refractivity contribution in [1.82, 2.24) is 0 Å². The van der Waals surface area contributed by atoms with Crippen LogP contribution >= 0.6 is 0 Å². The molecule has 2 aromatic rings. The number of aryl methyl sites for hydroxylation is 2. The van der Waals surface area contributed by atoms with Crippen LogP contribution in [0, 0.1) is 18.3 Å². The van der Waals surface area contributed by atoms with Crippen molar-refractivity contribution < 1.29 is 0 Å². The van der Waals surface area contributed by atoms with Gasteiger partial charge in [-0.2, -0.15) is 5.26 Å². The minimum atomic E-state index is -0.311. The highest BCUT2D eigenvalue weighted by atomic mass is 14.9. The lowest BCUT2D eigenvalue weighted by atomic mass is 10.0. The molecule has 0 bridgehead atoms. The van der Waals surface area contributed by atoms with E-state index >= 15 is 0 Å². The van der Waals surface area contributed by atoms with E-state index < -0.39 is 0 Å². The van der Waals surface area contributed by atoms with Crippen LogP contribution in [-0.2, 0) is 6.42 Å². The number of nitriles is 1. The lowest BCUT2D eigenvalue weighted by Crippen LogP contribution is -2.08. The third kappa shape index (κ3) is 7.02. The van der Waals surface area contributed by atoms with Crippen LogP contribution in [0.2, 0.25) is 0 Å². The number of rotatable bonds is 4. The summed E-state index contributed by atoms with van der Waals surface area (Å²) in [6, 6.07) is 18.3. The maximum atomic E-state index is 9.31. The molecule has 0 aliphatic rings. The van der Waals surface area contributed by atoms with Crippen LogP contribution in [-0.4, -0.2) is 0 Å². The van der Waals surface area contributed by atoms with Gasteiger partial charge < -0.3 is 5.32 Å². The monoisotopic (exact) mass is 310 g/mol. The van der Waals surface area contributed by atoms with Crippen molar-refractivity contribution in [3.05, 3.63) is 65.2 Å². The van der Waals surface area contributed by atoms with E-state index in [2.05, 4.69) is 37.4 Å². The second-order valence-electron chi connectivity index (χ2n) is 4.67. The molecule has 0 spiro atoms. The molecule has 2 aromatic carbocycles. The van der Waals surface area contributed by atoms with Crippen molar-refractivity contribution in [3.63, 3.8) is 0 Å². The highest BCUT2D eigenvalue weighted by molar-refractivity contribution is 5.48. The summed E-state index contributed by atoms with van der Waals surface area (Å²) in [7, 11) is 0.